The van der Waals surface area contributed by atoms with Crippen LogP contribution in [0.3, 0.4) is 0 Å². The molecule has 9 heteroatoms. The molecule has 3 aromatic rings. The van der Waals surface area contributed by atoms with Crippen molar-refractivity contribution in [2.75, 3.05) is 27.4 Å². The van der Waals surface area contributed by atoms with Crippen LogP contribution in [0.15, 0.2) is 70.5 Å². The minimum absolute atomic E-state index is 0.0000919. The number of carbonyl (C=O) groups excluding carboxylic acids is 2. The molecule has 188 valence electrons. The number of ether oxygens (including phenoxy) is 3. The number of ketones is 1. The molecule has 2 heterocycles. The molecular formula is C27H27NO8. The van der Waals surface area contributed by atoms with Crippen molar-refractivity contribution in [2.24, 2.45) is 0 Å². The number of rotatable bonds is 10. The van der Waals surface area contributed by atoms with E-state index in [0.717, 1.165) is 5.56 Å². The fraction of sp³-hybridized carbons (Fsp3) is 0.259. The molecule has 9 nitrogen and oxygen atoms in total. The van der Waals surface area contributed by atoms with Gasteiger partial charge in [0, 0.05) is 6.54 Å². The van der Waals surface area contributed by atoms with Gasteiger partial charge in [0.2, 0.25) is 5.78 Å². The predicted octanol–water partition coefficient (Wildman–Crippen LogP) is 4.22. The molecule has 1 atom stereocenters. The third kappa shape index (κ3) is 4.59. The maximum Gasteiger partial charge on any atom is 0.290 e. The number of aliphatic hydroxyl groups is 1. The summed E-state index contributed by atoms with van der Waals surface area (Å²) in [6.45, 7) is 2.27. The Hall–Kier alpha value is -4.40. The Balaban J connectivity index is 1.72. The third-order valence-electron chi connectivity index (χ3n) is 5.98. The van der Waals surface area contributed by atoms with E-state index < -0.39 is 23.5 Å². The van der Waals surface area contributed by atoms with Crippen LogP contribution >= 0.6 is 0 Å². The van der Waals surface area contributed by atoms with Crippen LogP contribution in [0.1, 0.15) is 34.6 Å². The minimum Gasteiger partial charge on any atom is -0.504 e. The van der Waals surface area contributed by atoms with Crippen LogP contribution in [-0.4, -0.2) is 54.2 Å². The Morgan fingerprint density at radius 1 is 1.03 bits per heavy atom. The van der Waals surface area contributed by atoms with E-state index in [1.54, 1.807) is 38.3 Å². The molecule has 2 aromatic carbocycles. The lowest BCUT2D eigenvalue weighted by Gasteiger charge is -2.27. The standard InChI is InChI=1S/C27H27NO8/c1-4-35-21-15-17(8-9-18(21)29)24-23(25(30)20-6-5-13-36-20)26(31)27(32)28(24)12-11-16-7-10-19(33-2)22(14-16)34-3/h5-10,13-15,24,29,31H,4,11-12H2,1-3H3/t24-/m0/s1. The molecule has 36 heavy (non-hydrogen) atoms. The van der Waals surface area contributed by atoms with Gasteiger partial charge in [0.05, 0.1) is 38.7 Å². The van der Waals surface area contributed by atoms with Crippen LogP contribution in [0.25, 0.3) is 0 Å². The monoisotopic (exact) mass is 493 g/mol. The van der Waals surface area contributed by atoms with E-state index in [-0.39, 0.29) is 29.4 Å². The van der Waals surface area contributed by atoms with E-state index in [1.165, 1.54) is 30.4 Å². The molecular weight excluding hydrogens is 466 g/mol. The van der Waals surface area contributed by atoms with Gasteiger partial charge in [-0.1, -0.05) is 12.1 Å². The number of benzene rings is 2. The third-order valence-corrected chi connectivity index (χ3v) is 5.98. The fourth-order valence-corrected chi connectivity index (χ4v) is 4.26. The molecule has 1 aromatic heterocycles. The molecule has 0 spiro atoms. The van der Waals surface area contributed by atoms with Crippen molar-refractivity contribution in [2.45, 2.75) is 19.4 Å². The second-order valence-corrected chi connectivity index (χ2v) is 8.07. The minimum atomic E-state index is -0.921. The number of amides is 1. The van der Waals surface area contributed by atoms with E-state index in [4.69, 9.17) is 18.6 Å². The highest BCUT2D eigenvalue weighted by Crippen LogP contribution is 2.41. The van der Waals surface area contributed by atoms with Crippen LogP contribution in [0.5, 0.6) is 23.0 Å². The molecule has 1 aliphatic heterocycles. The molecule has 0 fully saturated rings. The normalized spacial score (nSPS) is 15.4. The molecule has 0 unspecified atom stereocenters. The maximum absolute atomic E-state index is 13.3. The van der Waals surface area contributed by atoms with Gasteiger partial charge in [-0.3, -0.25) is 9.59 Å². The van der Waals surface area contributed by atoms with E-state index in [2.05, 4.69) is 0 Å². The Bertz CT molecular complexity index is 1300. The first-order valence-electron chi connectivity index (χ1n) is 11.4. The highest BCUT2D eigenvalue weighted by Gasteiger charge is 2.44. The van der Waals surface area contributed by atoms with Gasteiger partial charge in [-0.05, 0) is 60.9 Å². The molecule has 1 aliphatic rings. The van der Waals surface area contributed by atoms with Gasteiger partial charge in [0.15, 0.2) is 34.5 Å². The first kappa shape index (κ1) is 24.7. The lowest BCUT2D eigenvalue weighted by Crippen LogP contribution is -2.33. The summed E-state index contributed by atoms with van der Waals surface area (Å²) in [5.41, 5.74) is 1.26. The van der Waals surface area contributed by atoms with Crippen molar-refractivity contribution in [1.29, 1.82) is 0 Å². The Morgan fingerprint density at radius 3 is 2.47 bits per heavy atom. The Morgan fingerprint density at radius 2 is 1.81 bits per heavy atom. The summed E-state index contributed by atoms with van der Waals surface area (Å²) < 4.78 is 21.4. The van der Waals surface area contributed by atoms with Gasteiger partial charge in [0.1, 0.15) is 0 Å². The van der Waals surface area contributed by atoms with Crippen molar-refractivity contribution in [1.82, 2.24) is 4.90 Å². The molecule has 0 aliphatic carbocycles. The summed E-state index contributed by atoms with van der Waals surface area (Å²) in [4.78, 5) is 27.9. The summed E-state index contributed by atoms with van der Waals surface area (Å²) in [5.74, 6) is -0.660. The van der Waals surface area contributed by atoms with E-state index in [0.29, 0.717) is 30.1 Å². The van der Waals surface area contributed by atoms with Gasteiger partial charge in [-0.15, -0.1) is 0 Å². The molecule has 2 N–H and O–H groups in total. The number of nitrogens with zero attached hydrogens (tertiary/aromatic N) is 1. The second-order valence-electron chi connectivity index (χ2n) is 8.07. The largest absolute Gasteiger partial charge is 0.504 e. The topological polar surface area (TPSA) is 119 Å². The SMILES string of the molecule is CCOc1cc([C@H]2C(C(=O)c3ccco3)=C(O)C(=O)N2CCc2ccc(OC)c(OC)c2)ccc1O. The first-order valence-corrected chi connectivity index (χ1v) is 11.4. The average Bonchev–Trinajstić information content (AvgIpc) is 3.51. The van der Waals surface area contributed by atoms with E-state index in [9.17, 15) is 19.8 Å². The molecule has 0 bridgehead atoms. The smallest absolute Gasteiger partial charge is 0.290 e. The van der Waals surface area contributed by atoms with E-state index >= 15 is 0 Å². The molecule has 0 radical (unpaired) electrons. The zero-order valence-corrected chi connectivity index (χ0v) is 20.2. The van der Waals surface area contributed by atoms with Crippen LogP contribution in [0, 0.1) is 0 Å². The van der Waals surface area contributed by atoms with Crippen LogP contribution in [-0.2, 0) is 11.2 Å². The predicted molar refractivity (Wildman–Crippen MR) is 130 cm³/mol. The number of phenols is 1. The van der Waals surface area contributed by atoms with Gasteiger partial charge in [-0.25, -0.2) is 0 Å². The zero-order valence-electron chi connectivity index (χ0n) is 20.2. The summed E-state index contributed by atoms with van der Waals surface area (Å²) in [5, 5.41) is 21.0. The summed E-state index contributed by atoms with van der Waals surface area (Å²) in [6.07, 6.45) is 1.76. The van der Waals surface area contributed by atoms with Crippen molar-refractivity contribution < 1.29 is 38.4 Å². The van der Waals surface area contributed by atoms with Crippen molar-refractivity contribution in [3.8, 4) is 23.0 Å². The number of phenolic OH excluding ortho intramolecular Hbond substituents is 1. The molecule has 1 amide bonds. The number of methoxy groups -OCH3 is 2. The number of furan rings is 1. The fourth-order valence-electron chi connectivity index (χ4n) is 4.26. The molecule has 0 saturated carbocycles. The van der Waals surface area contributed by atoms with Crippen molar-refractivity contribution >= 4 is 11.7 Å². The van der Waals surface area contributed by atoms with Gasteiger partial charge in [0.25, 0.3) is 5.91 Å². The number of Topliss-reactive ketones (excluding diaryl/α,β-unsaturated/α-hetero) is 1. The Labute approximate surface area is 208 Å². The number of hydrogen-bond donors (Lipinski definition) is 2. The van der Waals surface area contributed by atoms with Crippen LogP contribution in [0.4, 0.5) is 0 Å². The van der Waals surface area contributed by atoms with Crippen LogP contribution in [0.2, 0.25) is 0 Å². The number of aliphatic hydroxyl groups excluding tert-OH is 1. The van der Waals surface area contributed by atoms with Crippen LogP contribution < -0.4 is 14.2 Å². The van der Waals surface area contributed by atoms with E-state index in [1.807, 2.05) is 12.1 Å². The van der Waals surface area contributed by atoms with Gasteiger partial charge < -0.3 is 33.7 Å². The average molecular weight is 494 g/mol. The summed E-state index contributed by atoms with van der Waals surface area (Å²) >= 11 is 0. The van der Waals surface area contributed by atoms with Crippen molar-refractivity contribution in [3.05, 3.63) is 83.0 Å². The summed E-state index contributed by atoms with van der Waals surface area (Å²) in [6, 6.07) is 12.1. The number of hydrogen-bond acceptors (Lipinski definition) is 8. The first-order chi connectivity index (χ1) is 17.4. The maximum atomic E-state index is 13.3. The molecule has 4 rings (SSSR count). The lowest BCUT2D eigenvalue weighted by molar-refractivity contribution is -0.129. The van der Waals surface area contributed by atoms with Crippen molar-refractivity contribution in [3.63, 3.8) is 0 Å². The zero-order chi connectivity index (χ0) is 25.8. The quantitative estimate of drug-likeness (QED) is 0.403. The lowest BCUT2D eigenvalue weighted by atomic mass is 9.94. The Kier molecular flexibility index (Phi) is 7.19. The van der Waals surface area contributed by atoms with Gasteiger partial charge in [-0.2, -0.15) is 0 Å². The molecule has 0 saturated heterocycles. The van der Waals surface area contributed by atoms with Gasteiger partial charge >= 0.3 is 0 Å². The highest BCUT2D eigenvalue weighted by atomic mass is 16.5. The highest BCUT2D eigenvalue weighted by molar-refractivity contribution is 6.15. The number of aromatic hydroxyl groups is 1. The second kappa shape index (κ2) is 10.5. The number of carbonyl (C=O) groups is 2. The summed E-state index contributed by atoms with van der Waals surface area (Å²) in [7, 11) is 3.09.